The van der Waals surface area contributed by atoms with E-state index in [1.54, 1.807) is 0 Å². The fourth-order valence-corrected chi connectivity index (χ4v) is 2.05. The van der Waals surface area contributed by atoms with Crippen LogP contribution in [0.5, 0.6) is 0 Å². The first-order chi connectivity index (χ1) is 6.22. The molecule has 0 amide bonds. The summed E-state index contributed by atoms with van der Waals surface area (Å²) < 4.78 is 2.15. The largest absolute Gasteiger partial charge is 0.396 e. The molecule has 1 heterocycles. The molecule has 13 heavy (non-hydrogen) atoms. The van der Waals surface area contributed by atoms with Gasteiger partial charge < -0.3 is 9.67 Å². The highest BCUT2D eigenvalue weighted by Gasteiger charge is 2.22. The first-order valence-electron chi connectivity index (χ1n) is 4.84. The van der Waals surface area contributed by atoms with Crippen LogP contribution in [0, 0.1) is 12.8 Å². The zero-order valence-corrected chi connectivity index (χ0v) is 8.25. The zero-order valence-electron chi connectivity index (χ0n) is 8.25. The number of aryl methyl sites for hydroxylation is 2. The summed E-state index contributed by atoms with van der Waals surface area (Å²) >= 11 is 0. The first kappa shape index (κ1) is 8.75. The van der Waals surface area contributed by atoms with Gasteiger partial charge >= 0.3 is 0 Å². The highest BCUT2D eigenvalue weighted by molar-refractivity contribution is 5.20. The van der Waals surface area contributed by atoms with Crippen molar-refractivity contribution in [1.82, 2.24) is 9.55 Å². The van der Waals surface area contributed by atoms with Gasteiger partial charge in [-0.1, -0.05) is 0 Å². The van der Waals surface area contributed by atoms with Crippen LogP contribution in [0.3, 0.4) is 0 Å². The second-order valence-electron chi connectivity index (χ2n) is 3.90. The number of rotatable bonds is 1. The molecule has 1 atom stereocenters. The van der Waals surface area contributed by atoms with E-state index in [9.17, 15) is 0 Å². The summed E-state index contributed by atoms with van der Waals surface area (Å²) in [6.07, 6.45) is 3.10. The second-order valence-corrected chi connectivity index (χ2v) is 3.90. The van der Waals surface area contributed by atoms with Crippen LogP contribution < -0.4 is 0 Å². The van der Waals surface area contributed by atoms with E-state index in [1.165, 1.54) is 11.4 Å². The zero-order chi connectivity index (χ0) is 9.42. The molecule has 2 rings (SSSR count). The summed E-state index contributed by atoms with van der Waals surface area (Å²) in [4.78, 5) is 4.50. The Hall–Kier alpha value is -0.830. The number of imidazole rings is 1. The van der Waals surface area contributed by atoms with Gasteiger partial charge in [0.1, 0.15) is 5.82 Å². The van der Waals surface area contributed by atoms with Crippen molar-refractivity contribution < 1.29 is 5.11 Å². The molecule has 0 aromatic carbocycles. The van der Waals surface area contributed by atoms with Crippen molar-refractivity contribution in [3.05, 3.63) is 17.2 Å². The van der Waals surface area contributed by atoms with E-state index < -0.39 is 0 Å². The molecule has 0 radical (unpaired) electrons. The molecule has 0 spiro atoms. The Balaban J connectivity index is 2.32. The van der Waals surface area contributed by atoms with Crippen LogP contribution in [0.25, 0.3) is 0 Å². The normalized spacial score (nSPS) is 21.6. The second kappa shape index (κ2) is 3.14. The molecule has 72 valence electrons. The predicted molar refractivity (Wildman–Crippen MR) is 50.5 cm³/mol. The molecular formula is C10H16N2O. The predicted octanol–water partition coefficient (Wildman–Crippen LogP) is 0.826. The maximum Gasteiger partial charge on any atom is 0.105 e. The lowest BCUT2D eigenvalue weighted by atomic mass is 9.90. The third kappa shape index (κ3) is 1.37. The number of aromatic nitrogens is 2. The molecule has 1 unspecified atom stereocenters. The Bertz CT molecular complexity index is 317. The molecule has 3 nitrogen and oxygen atoms in total. The maximum atomic E-state index is 9.08. The highest BCUT2D eigenvalue weighted by Crippen LogP contribution is 2.24. The monoisotopic (exact) mass is 180 g/mol. The van der Waals surface area contributed by atoms with E-state index in [2.05, 4.69) is 16.6 Å². The SMILES string of the molecule is Cc1nc2c(n1C)CC(CO)CC2. The van der Waals surface area contributed by atoms with Gasteiger partial charge in [-0.25, -0.2) is 4.98 Å². The summed E-state index contributed by atoms with van der Waals surface area (Å²) in [5.74, 6) is 1.53. The lowest BCUT2D eigenvalue weighted by molar-refractivity contribution is 0.211. The third-order valence-electron chi connectivity index (χ3n) is 3.05. The first-order valence-corrected chi connectivity index (χ1v) is 4.84. The summed E-state index contributed by atoms with van der Waals surface area (Å²) in [5, 5.41) is 9.08. The van der Waals surface area contributed by atoms with Crippen LogP contribution in [0.15, 0.2) is 0 Å². The quantitative estimate of drug-likeness (QED) is 0.695. The number of hydrogen-bond acceptors (Lipinski definition) is 2. The van der Waals surface area contributed by atoms with E-state index >= 15 is 0 Å². The van der Waals surface area contributed by atoms with Crippen LogP contribution in [-0.2, 0) is 19.9 Å². The van der Waals surface area contributed by atoms with Crippen LogP contribution >= 0.6 is 0 Å². The summed E-state index contributed by atoms with van der Waals surface area (Å²) in [7, 11) is 2.06. The Labute approximate surface area is 78.4 Å². The number of fused-ring (bicyclic) bond motifs is 1. The van der Waals surface area contributed by atoms with Crippen molar-refractivity contribution in [2.45, 2.75) is 26.2 Å². The minimum atomic E-state index is 0.309. The van der Waals surface area contributed by atoms with Crippen molar-refractivity contribution in [3.8, 4) is 0 Å². The molecule has 1 N–H and O–H groups in total. The Morgan fingerprint density at radius 3 is 3.08 bits per heavy atom. The van der Waals surface area contributed by atoms with Gasteiger partial charge in [-0.15, -0.1) is 0 Å². The van der Waals surface area contributed by atoms with E-state index in [-0.39, 0.29) is 0 Å². The van der Waals surface area contributed by atoms with Crippen molar-refractivity contribution in [3.63, 3.8) is 0 Å². The molecule has 0 saturated heterocycles. The Kier molecular flexibility index (Phi) is 2.12. The van der Waals surface area contributed by atoms with Crippen molar-refractivity contribution in [1.29, 1.82) is 0 Å². The Morgan fingerprint density at radius 2 is 2.38 bits per heavy atom. The van der Waals surface area contributed by atoms with Crippen LogP contribution in [0.4, 0.5) is 0 Å². The van der Waals surface area contributed by atoms with Crippen LogP contribution in [-0.4, -0.2) is 21.3 Å². The molecule has 1 aromatic heterocycles. The van der Waals surface area contributed by atoms with Gasteiger partial charge in [0.05, 0.1) is 5.69 Å². The third-order valence-corrected chi connectivity index (χ3v) is 3.05. The molecule has 0 aliphatic heterocycles. The van der Waals surface area contributed by atoms with Crippen LogP contribution in [0.1, 0.15) is 23.6 Å². The van der Waals surface area contributed by atoms with Gasteiger partial charge in [-0.2, -0.15) is 0 Å². The summed E-state index contributed by atoms with van der Waals surface area (Å²) in [6, 6.07) is 0. The molecule has 1 aliphatic rings. The topological polar surface area (TPSA) is 38.0 Å². The number of nitrogens with zero attached hydrogens (tertiary/aromatic N) is 2. The average Bonchev–Trinajstić information content (AvgIpc) is 2.43. The molecule has 0 bridgehead atoms. The molecule has 0 saturated carbocycles. The standard InChI is InChI=1S/C10H16N2O/c1-7-11-9-4-3-8(6-13)5-10(9)12(7)2/h8,13H,3-6H2,1-2H3. The highest BCUT2D eigenvalue weighted by atomic mass is 16.3. The molecule has 3 heteroatoms. The smallest absolute Gasteiger partial charge is 0.105 e. The fraction of sp³-hybridized carbons (Fsp3) is 0.700. The molecule has 0 fully saturated rings. The van der Waals surface area contributed by atoms with E-state index in [0.717, 1.165) is 25.1 Å². The lowest BCUT2D eigenvalue weighted by Gasteiger charge is -2.20. The van der Waals surface area contributed by atoms with Crippen molar-refractivity contribution in [2.24, 2.45) is 13.0 Å². The lowest BCUT2D eigenvalue weighted by Crippen LogP contribution is -2.19. The number of aliphatic hydroxyl groups excluding tert-OH is 1. The fourth-order valence-electron chi connectivity index (χ4n) is 2.05. The van der Waals surface area contributed by atoms with E-state index in [1.807, 2.05) is 6.92 Å². The minimum Gasteiger partial charge on any atom is -0.396 e. The van der Waals surface area contributed by atoms with Gasteiger partial charge in [-0.05, 0) is 32.1 Å². The van der Waals surface area contributed by atoms with E-state index in [4.69, 9.17) is 5.11 Å². The number of aliphatic hydroxyl groups is 1. The summed E-state index contributed by atoms with van der Waals surface area (Å²) in [6.45, 7) is 2.34. The minimum absolute atomic E-state index is 0.309. The maximum absolute atomic E-state index is 9.08. The molecule has 1 aromatic rings. The van der Waals surface area contributed by atoms with Gasteiger partial charge in [-0.3, -0.25) is 0 Å². The van der Waals surface area contributed by atoms with Gasteiger partial charge in [0.15, 0.2) is 0 Å². The van der Waals surface area contributed by atoms with Crippen molar-refractivity contribution >= 4 is 0 Å². The Morgan fingerprint density at radius 1 is 1.62 bits per heavy atom. The van der Waals surface area contributed by atoms with Gasteiger partial charge in [0, 0.05) is 19.3 Å². The van der Waals surface area contributed by atoms with E-state index in [0.29, 0.717) is 12.5 Å². The van der Waals surface area contributed by atoms with Crippen LogP contribution in [0.2, 0.25) is 0 Å². The number of hydrogen-bond donors (Lipinski definition) is 1. The molecular weight excluding hydrogens is 164 g/mol. The van der Waals surface area contributed by atoms with Gasteiger partial charge in [0.2, 0.25) is 0 Å². The van der Waals surface area contributed by atoms with Crippen molar-refractivity contribution in [2.75, 3.05) is 6.61 Å². The summed E-state index contributed by atoms with van der Waals surface area (Å²) in [5.41, 5.74) is 2.56. The molecule has 1 aliphatic carbocycles. The average molecular weight is 180 g/mol. The van der Waals surface area contributed by atoms with Gasteiger partial charge in [0.25, 0.3) is 0 Å².